The summed E-state index contributed by atoms with van der Waals surface area (Å²) in [5.41, 5.74) is 0.936. The Morgan fingerprint density at radius 2 is 2.22 bits per heavy atom. The maximum Gasteiger partial charge on any atom is 0.142 e. The van der Waals surface area contributed by atoms with Crippen LogP contribution in [0, 0.1) is 5.82 Å². The lowest BCUT2D eigenvalue weighted by molar-refractivity contribution is 0.277. The van der Waals surface area contributed by atoms with Gasteiger partial charge in [0.15, 0.2) is 0 Å². The van der Waals surface area contributed by atoms with E-state index in [2.05, 4.69) is 17.1 Å². The zero-order valence-corrected chi connectivity index (χ0v) is 11.5. The molecule has 0 aliphatic heterocycles. The molecular formula is C14H20ClFN2. The van der Waals surface area contributed by atoms with Crippen molar-refractivity contribution in [1.82, 2.24) is 10.2 Å². The summed E-state index contributed by atoms with van der Waals surface area (Å²) < 4.78 is 13.2. The van der Waals surface area contributed by atoms with E-state index in [1.165, 1.54) is 18.9 Å². The summed E-state index contributed by atoms with van der Waals surface area (Å²) in [4.78, 5) is 2.50. The fourth-order valence-corrected chi connectivity index (χ4v) is 2.26. The second kappa shape index (κ2) is 6.50. The first-order valence-corrected chi connectivity index (χ1v) is 6.97. The third kappa shape index (κ3) is 3.94. The molecule has 18 heavy (non-hydrogen) atoms. The molecule has 2 rings (SSSR count). The molecule has 0 amide bonds. The monoisotopic (exact) mass is 270 g/mol. The number of benzene rings is 1. The number of likely N-dealkylation sites (N-methyl/N-ethyl adjacent to an activating group) is 1. The summed E-state index contributed by atoms with van der Waals surface area (Å²) in [6.07, 6.45) is 2.69. The van der Waals surface area contributed by atoms with E-state index in [-0.39, 0.29) is 10.8 Å². The number of rotatable bonds is 7. The Morgan fingerprint density at radius 1 is 1.44 bits per heavy atom. The topological polar surface area (TPSA) is 15.3 Å². The van der Waals surface area contributed by atoms with Crippen molar-refractivity contribution in [2.24, 2.45) is 0 Å². The molecule has 1 aromatic carbocycles. The number of nitrogens with one attached hydrogen (secondary N) is 1. The quantitative estimate of drug-likeness (QED) is 0.766. The molecule has 0 radical (unpaired) electrons. The average Bonchev–Trinajstić information content (AvgIpc) is 3.18. The Kier molecular flexibility index (Phi) is 4.98. The normalized spacial score (nSPS) is 15.3. The molecule has 0 saturated heterocycles. The molecule has 4 heteroatoms. The van der Waals surface area contributed by atoms with Crippen molar-refractivity contribution in [2.45, 2.75) is 32.4 Å². The summed E-state index contributed by atoms with van der Waals surface area (Å²) in [6, 6.07) is 5.77. The van der Waals surface area contributed by atoms with Crippen LogP contribution in [0.5, 0.6) is 0 Å². The Morgan fingerprint density at radius 3 is 2.83 bits per heavy atom. The highest BCUT2D eigenvalue weighted by molar-refractivity contribution is 6.30. The van der Waals surface area contributed by atoms with E-state index < -0.39 is 0 Å². The van der Waals surface area contributed by atoms with Crippen molar-refractivity contribution in [3.63, 3.8) is 0 Å². The van der Waals surface area contributed by atoms with Crippen molar-refractivity contribution >= 4 is 11.6 Å². The van der Waals surface area contributed by atoms with Gasteiger partial charge in [-0.2, -0.15) is 0 Å². The van der Waals surface area contributed by atoms with Crippen LogP contribution in [-0.4, -0.2) is 30.6 Å². The van der Waals surface area contributed by atoms with Crippen LogP contribution in [0.15, 0.2) is 18.2 Å². The van der Waals surface area contributed by atoms with E-state index in [1.54, 1.807) is 6.07 Å². The van der Waals surface area contributed by atoms with Gasteiger partial charge < -0.3 is 5.32 Å². The average molecular weight is 271 g/mol. The van der Waals surface area contributed by atoms with Crippen LogP contribution in [0.1, 0.15) is 25.3 Å². The Labute approximate surface area is 113 Å². The molecule has 1 saturated carbocycles. The van der Waals surface area contributed by atoms with Gasteiger partial charge in [-0.3, -0.25) is 4.90 Å². The van der Waals surface area contributed by atoms with Crippen molar-refractivity contribution in [3.05, 3.63) is 34.6 Å². The van der Waals surface area contributed by atoms with Gasteiger partial charge in [-0.25, -0.2) is 4.39 Å². The second-order valence-corrected chi connectivity index (χ2v) is 5.19. The first-order valence-electron chi connectivity index (χ1n) is 6.59. The SMILES string of the molecule is CCN(CCNCc1ccc(Cl)c(F)c1)C1CC1. The molecule has 1 aliphatic rings. The lowest BCUT2D eigenvalue weighted by Crippen LogP contribution is -2.33. The van der Waals surface area contributed by atoms with Crippen LogP contribution < -0.4 is 5.32 Å². The van der Waals surface area contributed by atoms with Gasteiger partial charge in [0, 0.05) is 25.7 Å². The molecule has 1 N–H and O–H groups in total. The molecule has 1 aromatic rings. The van der Waals surface area contributed by atoms with E-state index in [4.69, 9.17) is 11.6 Å². The summed E-state index contributed by atoms with van der Waals surface area (Å²) in [5, 5.41) is 3.53. The summed E-state index contributed by atoms with van der Waals surface area (Å²) in [5.74, 6) is -0.343. The molecule has 1 aliphatic carbocycles. The molecule has 0 aromatic heterocycles. The molecule has 0 heterocycles. The Bertz CT molecular complexity index is 393. The molecule has 0 unspecified atom stereocenters. The van der Waals surface area contributed by atoms with Crippen LogP contribution in [0.2, 0.25) is 5.02 Å². The van der Waals surface area contributed by atoms with Gasteiger partial charge >= 0.3 is 0 Å². The van der Waals surface area contributed by atoms with Gasteiger partial charge in [-0.05, 0) is 37.1 Å². The summed E-state index contributed by atoms with van der Waals surface area (Å²) in [7, 11) is 0. The molecule has 0 atom stereocenters. The minimum absolute atomic E-state index is 0.185. The maximum atomic E-state index is 13.2. The van der Waals surface area contributed by atoms with Crippen LogP contribution >= 0.6 is 11.6 Å². The lowest BCUT2D eigenvalue weighted by atomic mass is 10.2. The van der Waals surface area contributed by atoms with Crippen molar-refractivity contribution in [3.8, 4) is 0 Å². The number of nitrogens with zero attached hydrogens (tertiary/aromatic N) is 1. The lowest BCUT2D eigenvalue weighted by Gasteiger charge is -2.19. The molecule has 1 fully saturated rings. The third-order valence-corrected chi connectivity index (χ3v) is 3.66. The van der Waals surface area contributed by atoms with Crippen LogP contribution in [0.3, 0.4) is 0 Å². The maximum absolute atomic E-state index is 13.2. The predicted octanol–water partition coefficient (Wildman–Crippen LogP) is 3.05. The van der Waals surface area contributed by atoms with Crippen molar-refractivity contribution in [2.75, 3.05) is 19.6 Å². The van der Waals surface area contributed by atoms with Gasteiger partial charge in [0.1, 0.15) is 5.82 Å². The minimum atomic E-state index is -0.343. The first-order chi connectivity index (χ1) is 8.70. The van der Waals surface area contributed by atoms with Crippen molar-refractivity contribution < 1.29 is 4.39 Å². The third-order valence-electron chi connectivity index (χ3n) is 3.36. The van der Waals surface area contributed by atoms with Crippen LogP contribution in [0.4, 0.5) is 4.39 Å². The number of hydrogen-bond acceptors (Lipinski definition) is 2. The molecule has 2 nitrogen and oxygen atoms in total. The fraction of sp³-hybridized carbons (Fsp3) is 0.571. The number of halogens is 2. The molecule has 0 bridgehead atoms. The second-order valence-electron chi connectivity index (χ2n) is 4.79. The molecular weight excluding hydrogens is 251 g/mol. The van der Waals surface area contributed by atoms with Gasteiger partial charge in [0.25, 0.3) is 0 Å². The molecule has 0 spiro atoms. The van der Waals surface area contributed by atoms with Gasteiger partial charge in [0.05, 0.1) is 5.02 Å². The van der Waals surface area contributed by atoms with Gasteiger partial charge in [-0.1, -0.05) is 24.6 Å². The van der Waals surface area contributed by atoms with E-state index >= 15 is 0 Å². The molecule has 100 valence electrons. The first kappa shape index (κ1) is 13.8. The smallest absolute Gasteiger partial charge is 0.142 e. The van der Waals surface area contributed by atoms with E-state index in [1.807, 2.05) is 6.07 Å². The summed E-state index contributed by atoms with van der Waals surface area (Å²) >= 11 is 5.64. The van der Waals surface area contributed by atoms with E-state index in [0.717, 1.165) is 31.2 Å². The highest BCUT2D eigenvalue weighted by atomic mass is 35.5. The minimum Gasteiger partial charge on any atom is -0.311 e. The largest absolute Gasteiger partial charge is 0.311 e. The highest BCUT2D eigenvalue weighted by Gasteiger charge is 2.26. The zero-order chi connectivity index (χ0) is 13.0. The van der Waals surface area contributed by atoms with Gasteiger partial charge in [0.2, 0.25) is 0 Å². The Hall–Kier alpha value is -0.640. The predicted molar refractivity (Wildman–Crippen MR) is 73.4 cm³/mol. The standard InChI is InChI=1S/C14H20ClFN2/c1-2-18(12-4-5-12)8-7-17-10-11-3-6-13(15)14(16)9-11/h3,6,9,12,17H,2,4-5,7-8,10H2,1H3. The van der Waals surface area contributed by atoms with Crippen LogP contribution in [-0.2, 0) is 6.54 Å². The fourth-order valence-electron chi connectivity index (χ4n) is 2.14. The highest BCUT2D eigenvalue weighted by Crippen LogP contribution is 2.25. The van der Waals surface area contributed by atoms with Crippen molar-refractivity contribution in [1.29, 1.82) is 0 Å². The van der Waals surface area contributed by atoms with E-state index in [9.17, 15) is 4.39 Å². The summed E-state index contributed by atoms with van der Waals surface area (Å²) in [6.45, 7) is 6.01. The number of hydrogen-bond donors (Lipinski definition) is 1. The van der Waals surface area contributed by atoms with E-state index in [0.29, 0.717) is 6.54 Å². The van der Waals surface area contributed by atoms with Gasteiger partial charge in [-0.15, -0.1) is 0 Å². The van der Waals surface area contributed by atoms with Crippen LogP contribution in [0.25, 0.3) is 0 Å². The zero-order valence-electron chi connectivity index (χ0n) is 10.8. The Balaban J connectivity index is 1.69.